The molecule has 3 N–H and O–H groups in total. The summed E-state index contributed by atoms with van der Waals surface area (Å²) in [6.07, 6.45) is 0. The molecule has 1 aromatic rings. The molecule has 0 spiro atoms. The fourth-order valence-electron chi connectivity index (χ4n) is 1.94. The maximum atomic E-state index is 13.1. The molecule has 0 saturated heterocycles. The number of amides is 2. The second kappa shape index (κ2) is 5.04. The van der Waals surface area contributed by atoms with Crippen LogP contribution in [0.25, 0.3) is 0 Å². The number of rotatable bonds is 3. The Labute approximate surface area is 108 Å². The van der Waals surface area contributed by atoms with Gasteiger partial charge in [-0.15, -0.1) is 0 Å². The van der Waals surface area contributed by atoms with E-state index in [0.717, 1.165) is 0 Å². The Balaban J connectivity index is 2.22. The predicted molar refractivity (Wildman–Crippen MR) is 64.3 cm³/mol. The predicted octanol–water partition coefficient (Wildman–Crippen LogP) is -0.188. The topological polar surface area (TPSA) is 99.2 Å². The van der Waals surface area contributed by atoms with Gasteiger partial charge in [0.15, 0.2) is 0 Å². The number of hydrogen-bond acceptors (Lipinski definition) is 4. The van der Waals surface area contributed by atoms with Crippen LogP contribution >= 0.6 is 0 Å². The molecule has 1 aliphatic rings. The average Bonchev–Trinajstić information content (AvgIpc) is 2.61. The highest BCUT2D eigenvalue weighted by molar-refractivity contribution is 6.07. The molecular weight excluding hydrogens is 251 g/mol. The van der Waals surface area contributed by atoms with Gasteiger partial charge in [-0.25, -0.2) is 4.39 Å². The van der Waals surface area contributed by atoms with E-state index in [1.807, 2.05) is 0 Å². The third-order valence-corrected chi connectivity index (χ3v) is 2.81. The van der Waals surface area contributed by atoms with E-state index in [0.29, 0.717) is 11.3 Å². The van der Waals surface area contributed by atoms with Gasteiger partial charge in [0, 0.05) is 11.3 Å². The van der Waals surface area contributed by atoms with Crippen LogP contribution in [0.15, 0.2) is 18.2 Å². The van der Waals surface area contributed by atoms with E-state index in [2.05, 4.69) is 5.32 Å². The third-order valence-electron chi connectivity index (χ3n) is 2.81. The number of nitrogens with zero attached hydrogens (tertiary/aromatic N) is 2. The molecular formula is C12H11FN4O2. The number of carbonyl (C=O) groups is 2. The van der Waals surface area contributed by atoms with Crippen LogP contribution in [0.5, 0.6) is 0 Å². The van der Waals surface area contributed by atoms with E-state index >= 15 is 0 Å². The molecule has 0 bridgehead atoms. The van der Waals surface area contributed by atoms with Gasteiger partial charge in [-0.05, 0) is 18.2 Å². The van der Waals surface area contributed by atoms with Crippen molar-refractivity contribution < 1.29 is 14.0 Å². The number of benzene rings is 1. The summed E-state index contributed by atoms with van der Waals surface area (Å²) >= 11 is 0. The van der Waals surface area contributed by atoms with Crippen LogP contribution in [0.1, 0.15) is 11.6 Å². The van der Waals surface area contributed by atoms with Crippen LogP contribution in [0, 0.1) is 17.1 Å². The van der Waals surface area contributed by atoms with Crippen molar-refractivity contribution in [1.82, 2.24) is 5.32 Å². The van der Waals surface area contributed by atoms with Crippen molar-refractivity contribution in [3.05, 3.63) is 29.6 Å². The van der Waals surface area contributed by atoms with Gasteiger partial charge in [-0.3, -0.25) is 9.59 Å². The lowest BCUT2D eigenvalue weighted by molar-refractivity contribution is -0.123. The fraction of sp³-hybridized carbons (Fsp3) is 0.250. The zero-order valence-electron chi connectivity index (χ0n) is 9.89. The van der Waals surface area contributed by atoms with Gasteiger partial charge in [0.25, 0.3) is 0 Å². The molecule has 1 unspecified atom stereocenters. The van der Waals surface area contributed by atoms with Crippen molar-refractivity contribution in [2.75, 3.05) is 18.0 Å². The summed E-state index contributed by atoms with van der Waals surface area (Å²) in [4.78, 5) is 24.6. The first-order chi connectivity index (χ1) is 9.04. The lowest BCUT2D eigenvalue weighted by Gasteiger charge is -2.16. The van der Waals surface area contributed by atoms with Crippen molar-refractivity contribution in [3.8, 4) is 6.07 Å². The average molecular weight is 262 g/mol. The second-order valence-corrected chi connectivity index (χ2v) is 4.04. The molecule has 2 rings (SSSR count). The number of halogens is 1. The summed E-state index contributed by atoms with van der Waals surface area (Å²) in [7, 11) is 0. The first kappa shape index (κ1) is 13.0. The molecule has 19 heavy (non-hydrogen) atoms. The molecule has 7 heteroatoms. The number of nitrogens with two attached hydrogens (primary N) is 1. The van der Waals surface area contributed by atoms with E-state index in [4.69, 9.17) is 11.0 Å². The van der Waals surface area contributed by atoms with Gasteiger partial charge in [-0.1, -0.05) is 0 Å². The molecule has 1 aromatic carbocycles. The maximum Gasteiger partial charge on any atom is 0.249 e. The summed E-state index contributed by atoms with van der Waals surface area (Å²) in [6.45, 7) is -0.379. The van der Waals surface area contributed by atoms with Crippen molar-refractivity contribution in [2.45, 2.75) is 6.04 Å². The van der Waals surface area contributed by atoms with Gasteiger partial charge >= 0.3 is 0 Å². The number of anilines is 1. The van der Waals surface area contributed by atoms with Crippen molar-refractivity contribution in [1.29, 1.82) is 5.26 Å². The minimum absolute atomic E-state index is 0.136. The number of fused-ring (bicyclic) bond motifs is 1. The van der Waals surface area contributed by atoms with E-state index in [9.17, 15) is 14.0 Å². The van der Waals surface area contributed by atoms with Crippen molar-refractivity contribution in [2.24, 2.45) is 5.73 Å². The molecule has 0 aliphatic carbocycles. The summed E-state index contributed by atoms with van der Waals surface area (Å²) in [6, 6.07) is 4.59. The van der Waals surface area contributed by atoms with Crippen LogP contribution in [0.4, 0.5) is 10.1 Å². The molecule has 1 heterocycles. The van der Waals surface area contributed by atoms with Crippen molar-refractivity contribution >= 4 is 17.5 Å². The standard InChI is InChI=1S/C12H11FN4O2/c13-7-1-2-9-8(5-7)11(15)12(19)17(9)6-10(18)16-4-3-14/h1-2,5,11H,4,6,15H2,(H,16,18). The SMILES string of the molecule is N#CCNC(=O)CN1C(=O)C(N)c2cc(F)ccc21. The zero-order chi connectivity index (χ0) is 14.0. The monoisotopic (exact) mass is 262 g/mol. The van der Waals surface area contributed by atoms with Gasteiger partial charge in [-0.2, -0.15) is 5.26 Å². The second-order valence-electron chi connectivity index (χ2n) is 4.04. The normalized spacial score (nSPS) is 17.0. The highest BCUT2D eigenvalue weighted by Gasteiger charge is 2.35. The number of carbonyl (C=O) groups excluding carboxylic acids is 2. The van der Waals surface area contributed by atoms with Gasteiger partial charge in [0.1, 0.15) is 24.9 Å². The Hall–Kier alpha value is -2.46. The van der Waals surface area contributed by atoms with Gasteiger partial charge in [0.2, 0.25) is 11.8 Å². The lowest BCUT2D eigenvalue weighted by atomic mass is 10.1. The molecule has 1 atom stereocenters. The van der Waals surface area contributed by atoms with E-state index in [1.54, 1.807) is 6.07 Å². The quantitative estimate of drug-likeness (QED) is 0.737. The lowest BCUT2D eigenvalue weighted by Crippen LogP contribution is -2.40. The molecule has 2 amide bonds. The van der Waals surface area contributed by atoms with Crippen LogP contribution in [-0.2, 0) is 9.59 Å². The maximum absolute atomic E-state index is 13.1. The summed E-state index contributed by atoms with van der Waals surface area (Å²) in [5.41, 5.74) is 6.46. The Morgan fingerprint density at radius 2 is 2.32 bits per heavy atom. The van der Waals surface area contributed by atoms with Crippen LogP contribution in [0.2, 0.25) is 0 Å². The number of nitrogens with one attached hydrogen (secondary N) is 1. The molecule has 0 aromatic heterocycles. The highest BCUT2D eigenvalue weighted by Crippen LogP contribution is 2.34. The minimum atomic E-state index is -0.963. The van der Waals surface area contributed by atoms with E-state index in [1.165, 1.54) is 23.1 Å². The molecule has 0 fully saturated rings. The highest BCUT2D eigenvalue weighted by atomic mass is 19.1. The van der Waals surface area contributed by atoms with E-state index in [-0.39, 0.29) is 13.1 Å². The Bertz CT molecular complexity index is 582. The summed E-state index contributed by atoms with van der Waals surface area (Å²) < 4.78 is 13.1. The van der Waals surface area contributed by atoms with Crippen LogP contribution in [0.3, 0.4) is 0 Å². The van der Waals surface area contributed by atoms with E-state index < -0.39 is 23.7 Å². The molecule has 0 saturated carbocycles. The Kier molecular flexibility index (Phi) is 3.44. The first-order valence-electron chi connectivity index (χ1n) is 5.54. The van der Waals surface area contributed by atoms with Crippen LogP contribution in [-0.4, -0.2) is 24.9 Å². The fourth-order valence-corrected chi connectivity index (χ4v) is 1.94. The smallest absolute Gasteiger partial charge is 0.249 e. The minimum Gasteiger partial charge on any atom is -0.341 e. The van der Waals surface area contributed by atoms with Crippen LogP contribution < -0.4 is 16.0 Å². The molecule has 1 aliphatic heterocycles. The van der Waals surface area contributed by atoms with Crippen molar-refractivity contribution in [3.63, 3.8) is 0 Å². The zero-order valence-corrected chi connectivity index (χ0v) is 9.89. The summed E-state index contributed by atoms with van der Waals surface area (Å²) in [5, 5.41) is 10.7. The Morgan fingerprint density at radius 3 is 3.00 bits per heavy atom. The molecule has 0 radical (unpaired) electrons. The summed E-state index contributed by atoms with van der Waals surface area (Å²) in [5.74, 6) is -1.43. The number of nitriles is 1. The first-order valence-corrected chi connectivity index (χ1v) is 5.54. The van der Waals surface area contributed by atoms with Gasteiger partial charge < -0.3 is 16.0 Å². The van der Waals surface area contributed by atoms with Gasteiger partial charge in [0.05, 0.1) is 6.07 Å². The number of hydrogen-bond donors (Lipinski definition) is 2. The third kappa shape index (κ3) is 2.39. The molecule has 98 valence electrons. The largest absolute Gasteiger partial charge is 0.341 e. The Morgan fingerprint density at radius 1 is 1.58 bits per heavy atom. The molecule has 6 nitrogen and oxygen atoms in total.